The maximum atomic E-state index is 13.1. The molecule has 0 fully saturated rings. The van der Waals surface area contributed by atoms with Crippen LogP contribution in [0.3, 0.4) is 0 Å². The predicted octanol–water partition coefficient (Wildman–Crippen LogP) is 2.92. The topological polar surface area (TPSA) is 42.0 Å². The molecule has 1 heterocycles. The van der Waals surface area contributed by atoms with E-state index in [-0.39, 0.29) is 11.4 Å². The average molecular weight is 248 g/mol. The first-order chi connectivity index (χ1) is 8.56. The van der Waals surface area contributed by atoms with Crippen molar-refractivity contribution < 1.29 is 13.6 Å². The van der Waals surface area contributed by atoms with Crippen molar-refractivity contribution in [1.82, 2.24) is 4.98 Å². The van der Waals surface area contributed by atoms with Gasteiger partial charge in [-0.25, -0.2) is 9.37 Å². The number of hydrogen-bond donors (Lipinski definition) is 1. The second-order valence-corrected chi connectivity index (χ2v) is 3.76. The highest BCUT2D eigenvalue weighted by Gasteiger charge is 2.11. The Bertz CT molecular complexity index is 599. The van der Waals surface area contributed by atoms with Crippen LogP contribution >= 0.6 is 0 Å². The minimum atomic E-state index is -0.691. The monoisotopic (exact) mass is 248 g/mol. The molecule has 1 amide bonds. The molecule has 3 nitrogen and oxygen atoms in total. The standard InChI is InChI=1S/C13H10F2N2O/c1-8-5-6-9(14)7-10(8)13(18)17-12-4-2-3-11(15)16-12/h2-7H,1H3,(H,16,17,18). The third kappa shape index (κ3) is 2.68. The maximum Gasteiger partial charge on any atom is 0.257 e. The fraction of sp³-hybridized carbons (Fsp3) is 0.0769. The molecule has 0 aliphatic carbocycles. The highest BCUT2D eigenvalue weighted by atomic mass is 19.1. The molecule has 18 heavy (non-hydrogen) atoms. The summed E-state index contributed by atoms with van der Waals surface area (Å²) in [5.74, 6) is -1.63. The molecule has 0 unspecified atom stereocenters. The van der Waals surface area contributed by atoms with Crippen molar-refractivity contribution in [2.75, 3.05) is 5.32 Å². The Morgan fingerprint density at radius 1 is 1.22 bits per heavy atom. The number of aromatic nitrogens is 1. The molecule has 2 rings (SSSR count). The summed E-state index contributed by atoms with van der Waals surface area (Å²) in [5.41, 5.74) is 0.825. The SMILES string of the molecule is Cc1ccc(F)cc1C(=O)Nc1cccc(F)n1. The zero-order valence-electron chi connectivity index (χ0n) is 9.58. The number of nitrogens with zero attached hydrogens (tertiary/aromatic N) is 1. The number of benzene rings is 1. The number of hydrogen-bond acceptors (Lipinski definition) is 2. The van der Waals surface area contributed by atoms with Gasteiger partial charge in [-0.2, -0.15) is 4.39 Å². The number of carbonyl (C=O) groups is 1. The Labute approximate surface area is 102 Å². The smallest absolute Gasteiger partial charge is 0.257 e. The van der Waals surface area contributed by atoms with Crippen LogP contribution in [0.4, 0.5) is 14.6 Å². The number of rotatable bonds is 2. The molecule has 0 saturated carbocycles. The highest BCUT2D eigenvalue weighted by molar-refractivity contribution is 6.04. The van der Waals surface area contributed by atoms with Crippen LogP contribution in [0.1, 0.15) is 15.9 Å². The molecule has 1 aromatic carbocycles. The number of nitrogens with one attached hydrogen (secondary N) is 1. The van der Waals surface area contributed by atoms with Gasteiger partial charge < -0.3 is 5.32 Å². The maximum absolute atomic E-state index is 13.1. The Kier molecular flexibility index (Phi) is 3.32. The van der Waals surface area contributed by atoms with Crippen molar-refractivity contribution in [2.45, 2.75) is 6.92 Å². The van der Waals surface area contributed by atoms with E-state index >= 15 is 0 Å². The van der Waals surface area contributed by atoms with Gasteiger partial charge in [0.15, 0.2) is 0 Å². The quantitative estimate of drug-likeness (QED) is 0.830. The van der Waals surface area contributed by atoms with Gasteiger partial charge in [-0.05, 0) is 36.8 Å². The Hall–Kier alpha value is -2.30. The van der Waals surface area contributed by atoms with Gasteiger partial charge in [-0.15, -0.1) is 0 Å². The van der Waals surface area contributed by atoms with Gasteiger partial charge in [-0.1, -0.05) is 12.1 Å². The second-order valence-electron chi connectivity index (χ2n) is 3.76. The third-order valence-corrected chi connectivity index (χ3v) is 2.40. The van der Waals surface area contributed by atoms with Crippen molar-refractivity contribution in [1.29, 1.82) is 0 Å². The third-order valence-electron chi connectivity index (χ3n) is 2.40. The van der Waals surface area contributed by atoms with E-state index in [0.29, 0.717) is 5.56 Å². The van der Waals surface area contributed by atoms with Gasteiger partial charge in [0.1, 0.15) is 11.6 Å². The molecule has 0 atom stereocenters. The van der Waals surface area contributed by atoms with Gasteiger partial charge in [0, 0.05) is 5.56 Å². The van der Waals surface area contributed by atoms with Crippen LogP contribution in [0.2, 0.25) is 0 Å². The number of halogens is 2. The number of pyridine rings is 1. The Morgan fingerprint density at radius 3 is 2.72 bits per heavy atom. The van der Waals surface area contributed by atoms with E-state index in [1.807, 2.05) is 0 Å². The average Bonchev–Trinajstić information content (AvgIpc) is 2.32. The molecular weight excluding hydrogens is 238 g/mol. The van der Waals surface area contributed by atoms with Crippen molar-refractivity contribution in [3.63, 3.8) is 0 Å². The summed E-state index contributed by atoms with van der Waals surface area (Å²) in [6.45, 7) is 1.69. The fourth-order valence-electron chi connectivity index (χ4n) is 1.50. The Morgan fingerprint density at radius 2 is 2.00 bits per heavy atom. The molecular formula is C13H10F2N2O. The molecule has 0 bridgehead atoms. The lowest BCUT2D eigenvalue weighted by molar-refractivity contribution is 0.102. The largest absolute Gasteiger partial charge is 0.306 e. The van der Waals surface area contributed by atoms with Crippen molar-refractivity contribution in [2.24, 2.45) is 0 Å². The zero-order valence-corrected chi connectivity index (χ0v) is 9.58. The summed E-state index contributed by atoms with van der Waals surface area (Å²) < 4.78 is 25.9. The van der Waals surface area contributed by atoms with Crippen LogP contribution in [-0.4, -0.2) is 10.9 Å². The summed E-state index contributed by atoms with van der Waals surface area (Å²) >= 11 is 0. The minimum Gasteiger partial charge on any atom is -0.306 e. The number of anilines is 1. The fourth-order valence-corrected chi connectivity index (χ4v) is 1.50. The van der Waals surface area contributed by atoms with E-state index in [0.717, 1.165) is 6.07 Å². The van der Waals surface area contributed by atoms with E-state index in [1.54, 1.807) is 6.92 Å². The summed E-state index contributed by atoms with van der Waals surface area (Å²) in [6, 6.07) is 7.95. The van der Waals surface area contributed by atoms with Crippen molar-refractivity contribution in [3.8, 4) is 0 Å². The summed E-state index contributed by atoms with van der Waals surface area (Å²) in [5, 5.41) is 2.41. The molecule has 0 spiro atoms. The van der Waals surface area contributed by atoms with Crippen LogP contribution in [0.25, 0.3) is 0 Å². The summed E-state index contributed by atoms with van der Waals surface area (Å²) in [4.78, 5) is 15.4. The van der Waals surface area contributed by atoms with Gasteiger partial charge >= 0.3 is 0 Å². The molecule has 92 valence electrons. The molecule has 0 aliphatic heterocycles. The lowest BCUT2D eigenvalue weighted by Crippen LogP contribution is -2.14. The van der Waals surface area contributed by atoms with E-state index in [4.69, 9.17) is 0 Å². The first-order valence-electron chi connectivity index (χ1n) is 5.26. The van der Waals surface area contributed by atoms with Crippen LogP contribution in [-0.2, 0) is 0 Å². The van der Waals surface area contributed by atoms with E-state index in [9.17, 15) is 13.6 Å². The number of amides is 1. The molecule has 0 saturated heterocycles. The number of aryl methyl sites for hydroxylation is 1. The van der Waals surface area contributed by atoms with Crippen LogP contribution in [0, 0.1) is 18.7 Å². The normalized spacial score (nSPS) is 10.2. The molecule has 0 aliphatic rings. The van der Waals surface area contributed by atoms with Crippen molar-refractivity contribution in [3.05, 3.63) is 59.3 Å². The Balaban J connectivity index is 2.24. The summed E-state index contributed by atoms with van der Waals surface area (Å²) in [6.07, 6.45) is 0. The van der Waals surface area contributed by atoms with Crippen LogP contribution in [0.5, 0.6) is 0 Å². The highest BCUT2D eigenvalue weighted by Crippen LogP contribution is 2.12. The van der Waals surface area contributed by atoms with E-state index in [2.05, 4.69) is 10.3 Å². The lowest BCUT2D eigenvalue weighted by atomic mass is 10.1. The summed E-state index contributed by atoms with van der Waals surface area (Å²) in [7, 11) is 0. The molecule has 0 radical (unpaired) electrons. The molecule has 1 aromatic heterocycles. The molecule has 1 N–H and O–H groups in total. The first-order valence-corrected chi connectivity index (χ1v) is 5.26. The van der Waals surface area contributed by atoms with E-state index < -0.39 is 17.7 Å². The molecule has 5 heteroatoms. The van der Waals surface area contributed by atoms with Crippen LogP contribution in [0.15, 0.2) is 36.4 Å². The van der Waals surface area contributed by atoms with Gasteiger partial charge in [0.25, 0.3) is 5.91 Å². The van der Waals surface area contributed by atoms with E-state index in [1.165, 1.54) is 30.3 Å². The van der Waals surface area contributed by atoms with Crippen LogP contribution < -0.4 is 5.32 Å². The molecule has 2 aromatic rings. The van der Waals surface area contributed by atoms with Gasteiger partial charge in [-0.3, -0.25) is 4.79 Å². The van der Waals surface area contributed by atoms with Gasteiger partial charge in [0.2, 0.25) is 5.95 Å². The van der Waals surface area contributed by atoms with Crippen molar-refractivity contribution >= 4 is 11.7 Å². The first kappa shape index (κ1) is 12.2. The predicted molar refractivity (Wildman–Crippen MR) is 63.3 cm³/mol. The number of carbonyl (C=O) groups excluding carboxylic acids is 1. The lowest BCUT2D eigenvalue weighted by Gasteiger charge is -2.07. The zero-order chi connectivity index (χ0) is 13.1. The van der Waals surface area contributed by atoms with Gasteiger partial charge in [0.05, 0.1) is 0 Å². The minimum absolute atomic E-state index is 0.0867. The second kappa shape index (κ2) is 4.91.